The smallest absolute Gasteiger partial charge is 0.336 e. The summed E-state index contributed by atoms with van der Waals surface area (Å²) in [6, 6.07) is 8.40. The topological polar surface area (TPSA) is 57.0 Å². The highest BCUT2D eigenvalue weighted by molar-refractivity contribution is 5.82. The third kappa shape index (κ3) is 4.91. The predicted octanol–water partition coefficient (Wildman–Crippen LogP) is 4.86. The fraction of sp³-hybridized carbons (Fsp3) is 0.550. The van der Waals surface area contributed by atoms with Gasteiger partial charge in [0.25, 0.3) is 0 Å². The normalized spacial score (nSPS) is 11.6. The van der Waals surface area contributed by atoms with Gasteiger partial charge in [0, 0.05) is 12.0 Å². The minimum Gasteiger partial charge on any atom is -0.463 e. The van der Waals surface area contributed by atoms with Crippen LogP contribution in [0.5, 0.6) is 6.01 Å². The van der Waals surface area contributed by atoms with E-state index in [4.69, 9.17) is 4.74 Å². The van der Waals surface area contributed by atoms with E-state index in [1.54, 1.807) is 0 Å². The molecule has 0 radical (unpaired) electrons. The second-order valence-corrected chi connectivity index (χ2v) is 7.24. The van der Waals surface area contributed by atoms with Gasteiger partial charge in [-0.25, -0.2) is 0 Å². The number of nitrogens with zero attached hydrogens (tertiary/aromatic N) is 3. The lowest BCUT2D eigenvalue weighted by atomic mass is 9.87. The minimum absolute atomic E-state index is 0.0400. The molecule has 0 aliphatic carbocycles. The maximum absolute atomic E-state index is 12.6. The van der Waals surface area contributed by atoms with E-state index >= 15 is 0 Å². The number of hydrogen-bond donors (Lipinski definition) is 0. The van der Waals surface area contributed by atoms with Crippen LogP contribution in [0.15, 0.2) is 24.3 Å². The van der Waals surface area contributed by atoms with Gasteiger partial charge in [-0.05, 0) is 24.3 Å². The molecule has 1 heterocycles. The minimum atomic E-state index is -0.0400. The molecule has 1 aromatic carbocycles. The molecular weight excluding hydrogens is 314 g/mol. The average Bonchev–Trinajstić information content (AvgIpc) is 2.99. The van der Waals surface area contributed by atoms with Gasteiger partial charge in [0.15, 0.2) is 5.82 Å². The van der Waals surface area contributed by atoms with E-state index in [0.29, 0.717) is 18.9 Å². The Balaban J connectivity index is 2.33. The Morgan fingerprint density at radius 2 is 1.80 bits per heavy atom. The van der Waals surface area contributed by atoms with E-state index in [1.807, 2.05) is 19.1 Å². The Kier molecular flexibility index (Phi) is 6.34. The molecule has 0 saturated heterocycles. The van der Waals surface area contributed by atoms with Gasteiger partial charge in [-0.15, -0.1) is 5.10 Å². The standard InChI is InChI=1S/C20H29N3O2/c1-6-8-9-10-17(24)23-18(21-19(22-23)25-7-2)15-11-13-16(14-12-15)20(3,4)5/h11-14H,6-10H2,1-5H3. The molecule has 2 aromatic rings. The molecule has 0 bridgehead atoms. The number of rotatable bonds is 7. The zero-order valence-electron chi connectivity index (χ0n) is 16.0. The molecular formula is C20H29N3O2. The summed E-state index contributed by atoms with van der Waals surface area (Å²) >= 11 is 0. The number of ether oxygens (including phenoxy) is 1. The molecule has 0 unspecified atom stereocenters. The second kappa shape index (κ2) is 8.28. The SMILES string of the molecule is CCCCCC(=O)n1nc(OCC)nc1-c1ccc(C(C)(C)C)cc1. The summed E-state index contributed by atoms with van der Waals surface area (Å²) in [5.41, 5.74) is 2.19. The lowest BCUT2D eigenvalue weighted by molar-refractivity contribution is 0.0883. The van der Waals surface area contributed by atoms with Crippen molar-refractivity contribution >= 4 is 5.91 Å². The molecule has 0 aliphatic rings. The van der Waals surface area contributed by atoms with E-state index in [2.05, 4.69) is 49.9 Å². The van der Waals surface area contributed by atoms with Gasteiger partial charge in [0.1, 0.15) is 0 Å². The summed E-state index contributed by atoms with van der Waals surface area (Å²) in [4.78, 5) is 17.0. The fourth-order valence-electron chi connectivity index (χ4n) is 2.60. The van der Waals surface area contributed by atoms with Crippen LogP contribution >= 0.6 is 0 Å². The lowest BCUT2D eigenvalue weighted by Crippen LogP contribution is -2.14. The molecule has 136 valence electrons. The predicted molar refractivity (Wildman–Crippen MR) is 100 cm³/mol. The summed E-state index contributed by atoms with van der Waals surface area (Å²) < 4.78 is 6.80. The van der Waals surface area contributed by atoms with Crippen LogP contribution in [0, 0.1) is 0 Å². The van der Waals surface area contributed by atoms with Crippen LogP contribution in [0.2, 0.25) is 0 Å². The van der Waals surface area contributed by atoms with Crippen LogP contribution in [-0.4, -0.2) is 27.3 Å². The number of carbonyl (C=O) groups excluding carboxylic acids is 1. The summed E-state index contributed by atoms with van der Waals surface area (Å²) in [5, 5.41) is 4.26. The lowest BCUT2D eigenvalue weighted by Gasteiger charge is -2.19. The maximum Gasteiger partial charge on any atom is 0.336 e. The molecule has 0 atom stereocenters. The van der Waals surface area contributed by atoms with Gasteiger partial charge < -0.3 is 4.74 Å². The zero-order valence-corrected chi connectivity index (χ0v) is 16.0. The number of benzene rings is 1. The molecule has 25 heavy (non-hydrogen) atoms. The van der Waals surface area contributed by atoms with Crippen LogP contribution < -0.4 is 4.74 Å². The van der Waals surface area contributed by atoms with Crippen LogP contribution in [0.25, 0.3) is 11.4 Å². The summed E-state index contributed by atoms with van der Waals surface area (Å²) in [5.74, 6) is 0.507. The van der Waals surface area contributed by atoms with Gasteiger partial charge in [0.05, 0.1) is 6.61 Å². The first-order chi connectivity index (χ1) is 11.9. The van der Waals surface area contributed by atoms with Gasteiger partial charge in [-0.1, -0.05) is 64.8 Å². The number of hydrogen-bond acceptors (Lipinski definition) is 4. The van der Waals surface area contributed by atoms with E-state index in [0.717, 1.165) is 24.8 Å². The zero-order chi connectivity index (χ0) is 18.4. The highest BCUT2D eigenvalue weighted by Gasteiger charge is 2.19. The van der Waals surface area contributed by atoms with Crippen molar-refractivity contribution in [1.82, 2.24) is 14.8 Å². The fourth-order valence-corrected chi connectivity index (χ4v) is 2.60. The van der Waals surface area contributed by atoms with Crippen LogP contribution in [0.4, 0.5) is 0 Å². The second-order valence-electron chi connectivity index (χ2n) is 7.24. The Morgan fingerprint density at radius 3 is 2.36 bits per heavy atom. The van der Waals surface area contributed by atoms with Crippen molar-refractivity contribution in [2.24, 2.45) is 0 Å². The average molecular weight is 343 g/mol. The number of aromatic nitrogens is 3. The Bertz CT molecular complexity index is 697. The highest BCUT2D eigenvalue weighted by Crippen LogP contribution is 2.26. The molecule has 2 rings (SSSR count). The van der Waals surface area contributed by atoms with E-state index in [1.165, 1.54) is 10.2 Å². The van der Waals surface area contributed by atoms with Crippen LogP contribution in [0.3, 0.4) is 0 Å². The van der Waals surface area contributed by atoms with E-state index in [-0.39, 0.29) is 17.3 Å². The molecule has 5 nitrogen and oxygen atoms in total. The maximum atomic E-state index is 12.6. The number of unbranched alkanes of at least 4 members (excludes halogenated alkanes) is 2. The first-order valence-corrected chi connectivity index (χ1v) is 9.10. The Labute approximate surface area is 150 Å². The van der Waals surface area contributed by atoms with Gasteiger partial charge >= 0.3 is 6.01 Å². The summed E-state index contributed by atoms with van der Waals surface area (Å²) in [6.07, 6.45) is 3.45. The van der Waals surface area contributed by atoms with Crippen molar-refractivity contribution in [2.45, 2.75) is 65.7 Å². The van der Waals surface area contributed by atoms with Crippen molar-refractivity contribution in [3.63, 3.8) is 0 Å². The van der Waals surface area contributed by atoms with Crippen molar-refractivity contribution in [3.8, 4) is 17.4 Å². The molecule has 0 aliphatic heterocycles. The van der Waals surface area contributed by atoms with Crippen molar-refractivity contribution in [2.75, 3.05) is 6.61 Å². The molecule has 0 saturated carbocycles. The van der Waals surface area contributed by atoms with E-state index < -0.39 is 0 Å². The molecule has 1 aromatic heterocycles. The van der Waals surface area contributed by atoms with E-state index in [9.17, 15) is 4.79 Å². The third-order valence-corrected chi connectivity index (χ3v) is 4.10. The quantitative estimate of drug-likeness (QED) is 0.674. The Hall–Kier alpha value is -2.17. The van der Waals surface area contributed by atoms with Crippen molar-refractivity contribution < 1.29 is 9.53 Å². The Morgan fingerprint density at radius 1 is 1.12 bits per heavy atom. The van der Waals surface area contributed by atoms with Gasteiger partial charge in [0.2, 0.25) is 5.91 Å². The monoisotopic (exact) mass is 343 g/mol. The number of carbonyl (C=O) groups is 1. The molecule has 0 fully saturated rings. The summed E-state index contributed by atoms with van der Waals surface area (Å²) in [6.45, 7) is 11.0. The van der Waals surface area contributed by atoms with Crippen molar-refractivity contribution in [1.29, 1.82) is 0 Å². The first-order valence-electron chi connectivity index (χ1n) is 9.10. The molecule has 0 N–H and O–H groups in total. The molecule has 0 amide bonds. The summed E-state index contributed by atoms with van der Waals surface area (Å²) in [7, 11) is 0. The molecule has 5 heteroatoms. The largest absolute Gasteiger partial charge is 0.463 e. The van der Waals surface area contributed by atoms with Crippen LogP contribution in [-0.2, 0) is 5.41 Å². The van der Waals surface area contributed by atoms with Gasteiger partial charge in [-0.2, -0.15) is 9.67 Å². The molecule has 0 spiro atoms. The van der Waals surface area contributed by atoms with Gasteiger partial charge in [-0.3, -0.25) is 4.79 Å². The van der Waals surface area contributed by atoms with Crippen LogP contribution in [0.1, 0.15) is 70.7 Å². The highest BCUT2D eigenvalue weighted by atomic mass is 16.5. The van der Waals surface area contributed by atoms with Crippen molar-refractivity contribution in [3.05, 3.63) is 29.8 Å². The first kappa shape index (κ1) is 19.2. The third-order valence-electron chi connectivity index (χ3n) is 4.10.